The minimum atomic E-state index is 0.0675. The average molecular weight is 320 g/mol. The molecule has 2 fully saturated rings. The Balaban J connectivity index is 1.45. The molecule has 0 unspecified atom stereocenters. The molecule has 2 aliphatic heterocycles. The van der Waals surface area contributed by atoms with Gasteiger partial charge in [-0.3, -0.25) is 4.90 Å². The van der Waals surface area contributed by atoms with Crippen molar-refractivity contribution < 1.29 is 9.53 Å². The van der Waals surface area contributed by atoms with Crippen molar-refractivity contribution in [2.75, 3.05) is 45.9 Å². The average Bonchev–Trinajstić information content (AvgIpc) is 2.99. The first-order valence-corrected chi connectivity index (χ1v) is 8.65. The van der Waals surface area contributed by atoms with E-state index in [1.54, 1.807) is 0 Å². The van der Waals surface area contributed by atoms with E-state index in [4.69, 9.17) is 4.74 Å². The first-order chi connectivity index (χ1) is 11.2. The smallest absolute Gasteiger partial charge is 0.317 e. The first-order valence-electron chi connectivity index (χ1n) is 8.65. The van der Waals surface area contributed by atoms with E-state index >= 15 is 0 Å². The number of hydrogen-bond donors (Lipinski definition) is 1. The number of nitrogens with zero attached hydrogens (tertiary/aromatic N) is 3. The van der Waals surface area contributed by atoms with Gasteiger partial charge in [-0.15, -0.1) is 0 Å². The second kappa shape index (κ2) is 7.84. The van der Waals surface area contributed by atoms with Crippen LogP contribution in [0.4, 0.5) is 4.79 Å². The number of amides is 2. The van der Waals surface area contributed by atoms with Gasteiger partial charge in [0.05, 0.1) is 19.8 Å². The molecule has 0 bridgehead atoms. The zero-order valence-electron chi connectivity index (χ0n) is 14.0. The van der Waals surface area contributed by atoms with Crippen LogP contribution < -0.4 is 5.32 Å². The number of hydrogen-bond acceptors (Lipinski definition) is 3. The molecule has 0 aromatic carbocycles. The van der Waals surface area contributed by atoms with Crippen LogP contribution in [0.15, 0.2) is 18.3 Å². The molecule has 2 amide bonds. The van der Waals surface area contributed by atoms with Crippen molar-refractivity contribution in [2.45, 2.75) is 19.4 Å². The number of carbonyl (C=O) groups is 1. The summed E-state index contributed by atoms with van der Waals surface area (Å²) in [5.74, 6) is 0.586. The summed E-state index contributed by atoms with van der Waals surface area (Å²) in [5.41, 5.74) is 1.13. The van der Waals surface area contributed by atoms with Gasteiger partial charge >= 0.3 is 6.03 Å². The van der Waals surface area contributed by atoms with E-state index in [-0.39, 0.29) is 6.03 Å². The second-order valence-electron chi connectivity index (χ2n) is 6.64. The lowest BCUT2D eigenvalue weighted by atomic mass is 9.97. The highest BCUT2D eigenvalue weighted by molar-refractivity contribution is 5.74. The molecule has 1 atom stereocenters. The molecule has 2 aliphatic rings. The van der Waals surface area contributed by atoms with Crippen LogP contribution in [0.2, 0.25) is 0 Å². The minimum absolute atomic E-state index is 0.0675. The van der Waals surface area contributed by atoms with Crippen LogP contribution in [-0.4, -0.2) is 66.3 Å². The summed E-state index contributed by atoms with van der Waals surface area (Å²) in [6.07, 6.45) is 4.33. The van der Waals surface area contributed by atoms with Crippen molar-refractivity contribution in [1.29, 1.82) is 0 Å². The Bertz CT molecular complexity index is 510. The number of rotatable bonds is 4. The number of nitrogens with one attached hydrogen (secondary N) is 1. The molecule has 0 saturated carbocycles. The Hall–Kier alpha value is -1.53. The maximum atomic E-state index is 12.4. The SMILES string of the molecule is Cn1cccc1CNC(=O)N1CCC[C@H](CN2CCOCC2)C1. The molecule has 1 aromatic heterocycles. The summed E-state index contributed by atoms with van der Waals surface area (Å²) in [5, 5.41) is 3.05. The van der Waals surface area contributed by atoms with Crippen LogP contribution >= 0.6 is 0 Å². The molecule has 3 heterocycles. The lowest BCUT2D eigenvalue weighted by Crippen LogP contribution is -2.48. The highest BCUT2D eigenvalue weighted by atomic mass is 16.5. The van der Waals surface area contributed by atoms with Gasteiger partial charge in [-0.25, -0.2) is 4.79 Å². The number of piperidine rings is 1. The molecule has 1 aromatic rings. The molecule has 3 rings (SSSR count). The standard InChI is InChI=1S/C17H28N4O2/c1-19-6-3-5-16(19)12-18-17(22)21-7-2-4-15(14-21)13-20-8-10-23-11-9-20/h3,5-6,15H,2,4,7-14H2,1H3,(H,18,22)/t15-/m1/s1. The van der Waals surface area contributed by atoms with E-state index in [0.29, 0.717) is 12.5 Å². The van der Waals surface area contributed by atoms with Gasteiger partial charge in [-0.05, 0) is 30.9 Å². The third-order valence-electron chi connectivity index (χ3n) is 4.90. The van der Waals surface area contributed by atoms with E-state index < -0.39 is 0 Å². The molecule has 0 spiro atoms. The van der Waals surface area contributed by atoms with Crippen molar-refractivity contribution in [3.63, 3.8) is 0 Å². The molecule has 128 valence electrons. The Morgan fingerprint density at radius 1 is 1.35 bits per heavy atom. The minimum Gasteiger partial charge on any atom is -0.379 e. The maximum absolute atomic E-state index is 12.4. The highest BCUT2D eigenvalue weighted by Gasteiger charge is 2.25. The van der Waals surface area contributed by atoms with Gasteiger partial charge in [-0.1, -0.05) is 0 Å². The zero-order chi connectivity index (χ0) is 16.1. The third kappa shape index (κ3) is 4.48. The number of aromatic nitrogens is 1. The highest BCUT2D eigenvalue weighted by Crippen LogP contribution is 2.18. The Labute approximate surface area is 138 Å². The molecule has 23 heavy (non-hydrogen) atoms. The quantitative estimate of drug-likeness (QED) is 0.909. The largest absolute Gasteiger partial charge is 0.379 e. The summed E-state index contributed by atoms with van der Waals surface area (Å²) < 4.78 is 7.45. The lowest BCUT2D eigenvalue weighted by molar-refractivity contribution is 0.0249. The fourth-order valence-corrected chi connectivity index (χ4v) is 3.51. The summed E-state index contributed by atoms with van der Waals surface area (Å²) in [4.78, 5) is 16.9. The van der Waals surface area contributed by atoms with E-state index in [1.165, 1.54) is 6.42 Å². The van der Waals surface area contributed by atoms with Crippen LogP contribution in [0, 0.1) is 5.92 Å². The Kier molecular flexibility index (Phi) is 5.56. The molecule has 0 radical (unpaired) electrons. The number of urea groups is 1. The summed E-state index contributed by atoms with van der Waals surface area (Å²) in [6, 6.07) is 4.11. The normalized spacial score (nSPS) is 23.0. The fourth-order valence-electron chi connectivity index (χ4n) is 3.51. The van der Waals surface area contributed by atoms with Crippen LogP contribution in [0.3, 0.4) is 0 Å². The monoisotopic (exact) mass is 320 g/mol. The van der Waals surface area contributed by atoms with Gasteiger partial charge in [0.1, 0.15) is 0 Å². The molecule has 2 saturated heterocycles. The van der Waals surface area contributed by atoms with Gasteiger partial charge in [0, 0.05) is 51.7 Å². The first kappa shape index (κ1) is 16.3. The van der Waals surface area contributed by atoms with E-state index in [1.807, 2.05) is 34.8 Å². The molecule has 0 aliphatic carbocycles. The van der Waals surface area contributed by atoms with Gasteiger partial charge < -0.3 is 19.5 Å². The topological polar surface area (TPSA) is 49.7 Å². The Morgan fingerprint density at radius 2 is 2.17 bits per heavy atom. The molecule has 1 N–H and O–H groups in total. The summed E-state index contributed by atoms with van der Waals surface area (Å²) in [7, 11) is 2.00. The molecular formula is C17H28N4O2. The lowest BCUT2D eigenvalue weighted by Gasteiger charge is -2.36. The maximum Gasteiger partial charge on any atom is 0.317 e. The number of carbonyl (C=O) groups excluding carboxylic acids is 1. The predicted molar refractivity (Wildman–Crippen MR) is 89.2 cm³/mol. The zero-order valence-corrected chi connectivity index (χ0v) is 14.0. The van der Waals surface area contributed by atoms with E-state index in [2.05, 4.69) is 10.2 Å². The number of ether oxygens (including phenoxy) is 1. The predicted octanol–water partition coefficient (Wildman–Crippen LogP) is 1.28. The van der Waals surface area contributed by atoms with Crippen molar-refractivity contribution in [1.82, 2.24) is 19.7 Å². The summed E-state index contributed by atoms with van der Waals surface area (Å²) in [6.45, 7) is 7.15. The van der Waals surface area contributed by atoms with Crippen molar-refractivity contribution in [2.24, 2.45) is 13.0 Å². The molecule has 6 heteroatoms. The molecular weight excluding hydrogens is 292 g/mol. The Morgan fingerprint density at radius 3 is 2.91 bits per heavy atom. The fraction of sp³-hybridized carbons (Fsp3) is 0.706. The van der Waals surface area contributed by atoms with Gasteiger partial charge in [0.2, 0.25) is 0 Å². The van der Waals surface area contributed by atoms with Crippen LogP contribution in [0.25, 0.3) is 0 Å². The van der Waals surface area contributed by atoms with Gasteiger partial charge in [0.25, 0.3) is 0 Å². The number of morpholine rings is 1. The van der Waals surface area contributed by atoms with Gasteiger partial charge in [0.15, 0.2) is 0 Å². The molecule has 6 nitrogen and oxygen atoms in total. The van der Waals surface area contributed by atoms with Crippen molar-refractivity contribution in [3.05, 3.63) is 24.0 Å². The summed E-state index contributed by atoms with van der Waals surface area (Å²) >= 11 is 0. The number of aryl methyl sites for hydroxylation is 1. The van der Waals surface area contributed by atoms with Crippen LogP contribution in [0.1, 0.15) is 18.5 Å². The van der Waals surface area contributed by atoms with Crippen molar-refractivity contribution in [3.8, 4) is 0 Å². The van der Waals surface area contributed by atoms with Gasteiger partial charge in [-0.2, -0.15) is 0 Å². The van der Waals surface area contributed by atoms with Crippen molar-refractivity contribution >= 4 is 6.03 Å². The van der Waals surface area contributed by atoms with Crippen LogP contribution in [-0.2, 0) is 18.3 Å². The second-order valence-corrected chi connectivity index (χ2v) is 6.64. The van der Waals surface area contributed by atoms with E-state index in [0.717, 1.165) is 58.1 Å². The third-order valence-corrected chi connectivity index (χ3v) is 4.90. The number of likely N-dealkylation sites (tertiary alicyclic amines) is 1. The van der Waals surface area contributed by atoms with E-state index in [9.17, 15) is 4.79 Å². The van der Waals surface area contributed by atoms with Crippen LogP contribution in [0.5, 0.6) is 0 Å².